The van der Waals surface area contributed by atoms with Crippen LogP contribution in [0.1, 0.15) is 6.92 Å². The van der Waals surface area contributed by atoms with Gasteiger partial charge >= 0.3 is 12.1 Å². The van der Waals surface area contributed by atoms with E-state index in [-0.39, 0.29) is 0 Å². The molecule has 84 valence electrons. The first-order chi connectivity index (χ1) is 6.22. The first-order valence-corrected chi connectivity index (χ1v) is 4.22. The van der Waals surface area contributed by atoms with Gasteiger partial charge in [-0.25, -0.2) is 9.00 Å². The molecule has 0 saturated carbocycles. The second kappa shape index (κ2) is 5.27. The van der Waals surface area contributed by atoms with Crippen LogP contribution in [0, 0.1) is 0 Å². The highest BCUT2D eigenvalue weighted by Crippen LogP contribution is 2.15. The highest BCUT2D eigenvalue weighted by atomic mass is 32.2. The van der Waals surface area contributed by atoms with E-state index < -0.39 is 36.2 Å². The van der Waals surface area contributed by atoms with Gasteiger partial charge in [-0.1, -0.05) is 0 Å². The van der Waals surface area contributed by atoms with Gasteiger partial charge in [-0.05, 0) is 6.92 Å². The minimum atomic E-state index is -4.65. The van der Waals surface area contributed by atoms with Crippen molar-refractivity contribution in [2.24, 2.45) is 0 Å². The van der Waals surface area contributed by atoms with Gasteiger partial charge < -0.3 is 9.29 Å². The maximum atomic E-state index is 11.5. The summed E-state index contributed by atoms with van der Waals surface area (Å²) < 4.78 is 61.8. The van der Waals surface area contributed by atoms with E-state index in [4.69, 9.17) is 0 Å². The minimum Gasteiger partial charge on any atom is -0.750 e. The van der Waals surface area contributed by atoms with Crippen molar-refractivity contribution < 1.29 is 35.6 Å². The first kappa shape index (κ1) is 13.3. The molecule has 0 aromatic heterocycles. The van der Waals surface area contributed by atoms with Gasteiger partial charge in [0.05, 0.1) is 11.4 Å². The molecule has 0 rings (SSSR count). The molecule has 0 amide bonds. The van der Waals surface area contributed by atoms with Crippen LogP contribution in [0.2, 0.25) is 0 Å². The van der Waals surface area contributed by atoms with Crippen molar-refractivity contribution in [3.05, 3.63) is 0 Å². The van der Waals surface area contributed by atoms with Crippen LogP contribution in [0.4, 0.5) is 13.2 Å². The molecule has 0 aliphatic carbocycles. The summed E-state index contributed by atoms with van der Waals surface area (Å²) in [5.41, 5.74) is 0. The zero-order valence-corrected chi connectivity index (χ0v) is 7.68. The lowest BCUT2D eigenvalue weighted by molar-refractivity contribution is -0.190. The van der Waals surface area contributed by atoms with Crippen molar-refractivity contribution >= 4 is 17.3 Å². The Kier molecular flexibility index (Phi) is 5.02. The van der Waals surface area contributed by atoms with E-state index in [1.165, 1.54) is 0 Å². The van der Waals surface area contributed by atoms with E-state index in [0.717, 1.165) is 6.92 Å². The molecular formula is C5H6F3O5S-. The topological polar surface area (TPSA) is 75.7 Å². The molecule has 0 heterocycles. The standard InChI is InChI=1S/C5H7F3O5S/c1-3(13-14(10)11)4(9)12-2-5(6,7)8/h3H,2H2,1H3,(H,10,11)/p-1. The Balaban J connectivity index is 3.91. The van der Waals surface area contributed by atoms with Crippen LogP contribution < -0.4 is 0 Å². The maximum Gasteiger partial charge on any atom is 0.422 e. The molecule has 0 spiro atoms. The lowest BCUT2D eigenvalue weighted by atomic mass is 10.4. The Bertz CT molecular complexity index is 228. The molecule has 0 aromatic rings. The van der Waals surface area contributed by atoms with Crippen LogP contribution in [-0.4, -0.2) is 33.6 Å². The molecule has 0 bridgehead atoms. The summed E-state index contributed by atoms with van der Waals surface area (Å²) in [6, 6.07) is 0. The molecule has 0 aliphatic heterocycles. The molecule has 0 N–H and O–H groups in total. The third kappa shape index (κ3) is 6.80. The summed E-state index contributed by atoms with van der Waals surface area (Å²) in [7, 11) is 0. The lowest BCUT2D eigenvalue weighted by Gasteiger charge is -2.13. The Hall–Kier alpha value is -0.670. The van der Waals surface area contributed by atoms with Gasteiger partial charge in [-0.2, -0.15) is 13.2 Å². The van der Waals surface area contributed by atoms with Crippen LogP contribution in [0.25, 0.3) is 0 Å². The van der Waals surface area contributed by atoms with E-state index in [9.17, 15) is 26.7 Å². The normalized spacial score (nSPS) is 16.1. The van der Waals surface area contributed by atoms with E-state index in [1.54, 1.807) is 0 Å². The number of rotatable bonds is 4. The van der Waals surface area contributed by atoms with Crippen molar-refractivity contribution in [3.63, 3.8) is 0 Å². The second-order valence-corrected chi connectivity index (χ2v) is 2.77. The maximum absolute atomic E-state index is 11.5. The Morgan fingerprint density at radius 3 is 2.43 bits per heavy atom. The predicted octanol–water partition coefficient (Wildman–Crippen LogP) is 0.291. The molecule has 0 saturated heterocycles. The Morgan fingerprint density at radius 2 is 2.07 bits per heavy atom. The molecule has 9 heteroatoms. The van der Waals surface area contributed by atoms with E-state index >= 15 is 0 Å². The molecule has 0 aromatic carbocycles. The molecule has 0 fully saturated rings. The Morgan fingerprint density at radius 1 is 1.57 bits per heavy atom. The first-order valence-electron chi connectivity index (χ1n) is 3.22. The van der Waals surface area contributed by atoms with Crippen molar-refractivity contribution in [2.45, 2.75) is 19.2 Å². The molecule has 0 radical (unpaired) electrons. The average molecular weight is 235 g/mol. The number of hydrogen-bond acceptors (Lipinski definition) is 5. The highest BCUT2D eigenvalue weighted by Gasteiger charge is 2.30. The van der Waals surface area contributed by atoms with Gasteiger partial charge in [0.2, 0.25) is 0 Å². The summed E-state index contributed by atoms with van der Waals surface area (Å²) in [5, 5.41) is 0. The zero-order valence-electron chi connectivity index (χ0n) is 6.87. The fraction of sp³-hybridized carbons (Fsp3) is 0.800. The number of ether oxygens (including phenoxy) is 1. The van der Waals surface area contributed by atoms with Crippen molar-refractivity contribution in [3.8, 4) is 0 Å². The van der Waals surface area contributed by atoms with Crippen molar-refractivity contribution in [2.75, 3.05) is 6.61 Å². The van der Waals surface area contributed by atoms with Crippen LogP contribution in [0.15, 0.2) is 0 Å². The quantitative estimate of drug-likeness (QED) is 0.517. The number of halogens is 3. The molecule has 2 atom stereocenters. The van der Waals surface area contributed by atoms with E-state index in [2.05, 4.69) is 8.92 Å². The number of carbonyl (C=O) groups excluding carboxylic acids is 1. The van der Waals surface area contributed by atoms with Gasteiger partial charge in [-0.15, -0.1) is 0 Å². The van der Waals surface area contributed by atoms with Gasteiger partial charge in [0.15, 0.2) is 12.7 Å². The molecule has 0 aliphatic rings. The number of esters is 1. The number of hydrogen-bond donors (Lipinski definition) is 0. The van der Waals surface area contributed by atoms with E-state index in [0.29, 0.717) is 0 Å². The van der Waals surface area contributed by atoms with Crippen LogP contribution >= 0.6 is 0 Å². The average Bonchev–Trinajstić information content (AvgIpc) is 1.97. The SMILES string of the molecule is CC(OS(=O)[O-])C(=O)OCC(F)(F)F. The predicted molar refractivity (Wildman–Crippen MR) is 36.5 cm³/mol. The molecule has 14 heavy (non-hydrogen) atoms. The van der Waals surface area contributed by atoms with Crippen LogP contribution in [0.5, 0.6) is 0 Å². The largest absolute Gasteiger partial charge is 0.750 e. The third-order valence-corrected chi connectivity index (χ3v) is 1.38. The fourth-order valence-corrected chi connectivity index (χ4v) is 0.742. The summed E-state index contributed by atoms with van der Waals surface area (Å²) in [4.78, 5) is 10.6. The van der Waals surface area contributed by atoms with Gasteiger partial charge in [-0.3, -0.25) is 4.18 Å². The third-order valence-electron chi connectivity index (χ3n) is 0.933. The van der Waals surface area contributed by atoms with Crippen molar-refractivity contribution in [1.29, 1.82) is 0 Å². The number of carbonyl (C=O) groups is 1. The zero-order chi connectivity index (χ0) is 11.4. The smallest absolute Gasteiger partial charge is 0.422 e. The summed E-state index contributed by atoms with van der Waals surface area (Å²) in [6.45, 7) is -0.820. The van der Waals surface area contributed by atoms with E-state index in [1.807, 2.05) is 0 Å². The van der Waals surface area contributed by atoms with Gasteiger partial charge in [0.1, 0.15) is 0 Å². The van der Waals surface area contributed by atoms with Crippen LogP contribution in [-0.2, 0) is 25.1 Å². The minimum absolute atomic E-state index is 0.953. The summed E-state index contributed by atoms with van der Waals surface area (Å²) >= 11 is -2.97. The second-order valence-electron chi connectivity index (χ2n) is 2.17. The fourth-order valence-electron chi connectivity index (χ4n) is 0.427. The van der Waals surface area contributed by atoms with Crippen molar-refractivity contribution in [1.82, 2.24) is 0 Å². The molecule has 5 nitrogen and oxygen atoms in total. The molecular weight excluding hydrogens is 229 g/mol. The highest BCUT2D eigenvalue weighted by molar-refractivity contribution is 7.74. The lowest BCUT2D eigenvalue weighted by Crippen LogP contribution is -2.28. The van der Waals surface area contributed by atoms with Crippen LogP contribution in [0.3, 0.4) is 0 Å². The number of alkyl halides is 3. The van der Waals surface area contributed by atoms with Gasteiger partial charge in [0, 0.05) is 0 Å². The monoisotopic (exact) mass is 235 g/mol. The van der Waals surface area contributed by atoms with Gasteiger partial charge in [0.25, 0.3) is 0 Å². The summed E-state index contributed by atoms with van der Waals surface area (Å²) in [5.74, 6) is -1.40. The summed E-state index contributed by atoms with van der Waals surface area (Å²) in [6.07, 6.45) is -6.23. The Labute approximate surface area is 79.7 Å². The molecule has 2 unspecified atom stereocenters.